The molecule has 25 heavy (non-hydrogen) atoms. The highest BCUT2D eigenvalue weighted by Gasteiger charge is 2.12. The Morgan fingerprint density at radius 3 is 1.92 bits per heavy atom. The van der Waals surface area contributed by atoms with Crippen LogP contribution in [0, 0.1) is 0 Å². The van der Waals surface area contributed by atoms with Gasteiger partial charge < -0.3 is 18.9 Å². The average molecular weight is 342 g/mol. The Balaban J connectivity index is 2.22. The van der Waals surface area contributed by atoms with Gasteiger partial charge in [0.15, 0.2) is 11.5 Å². The van der Waals surface area contributed by atoms with E-state index in [0.29, 0.717) is 17.2 Å². The number of nitrogens with zero attached hydrogens (tertiary/aromatic N) is 2. The molecule has 2 aromatic carbocycles. The maximum Gasteiger partial charge on any atom is 0.203 e. The number of hydrogen-bond donors (Lipinski definition) is 0. The highest BCUT2D eigenvalue weighted by atomic mass is 16.5. The quantitative estimate of drug-likeness (QED) is 0.570. The van der Waals surface area contributed by atoms with Crippen LogP contribution in [0.5, 0.6) is 23.0 Å². The lowest BCUT2D eigenvalue weighted by Crippen LogP contribution is -1.97. The van der Waals surface area contributed by atoms with Crippen LogP contribution < -0.4 is 18.9 Å². The predicted octanol–water partition coefficient (Wildman–Crippen LogP) is 3.56. The standard InChI is InChI=1S/C19H22N2O4/c1-13(15-6-8-16(22-2)9-7-15)21-20-12-14-10-17(23-3)19(25-5)18(11-14)24-4/h6-12H,1-5H3/b20-12+,21-13+. The van der Waals surface area contributed by atoms with Crippen LogP contribution in [-0.4, -0.2) is 40.4 Å². The van der Waals surface area contributed by atoms with Gasteiger partial charge in [-0.2, -0.15) is 10.2 Å². The van der Waals surface area contributed by atoms with E-state index in [2.05, 4.69) is 10.2 Å². The van der Waals surface area contributed by atoms with Crippen molar-refractivity contribution >= 4 is 11.9 Å². The van der Waals surface area contributed by atoms with E-state index in [1.807, 2.05) is 43.3 Å². The molecule has 0 atom stereocenters. The summed E-state index contributed by atoms with van der Waals surface area (Å²) < 4.78 is 21.1. The van der Waals surface area contributed by atoms with E-state index < -0.39 is 0 Å². The summed E-state index contributed by atoms with van der Waals surface area (Å²) in [4.78, 5) is 0. The van der Waals surface area contributed by atoms with Crippen molar-refractivity contribution in [3.05, 3.63) is 47.5 Å². The lowest BCUT2D eigenvalue weighted by molar-refractivity contribution is 0.324. The van der Waals surface area contributed by atoms with Gasteiger partial charge in [-0.3, -0.25) is 0 Å². The molecular weight excluding hydrogens is 320 g/mol. The summed E-state index contributed by atoms with van der Waals surface area (Å²) in [6.07, 6.45) is 1.64. The summed E-state index contributed by atoms with van der Waals surface area (Å²) in [6, 6.07) is 11.3. The van der Waals surface area contributed by atoms with E-state index in [-0.39, 0.29) is 0 Å². The van der Waals surface area contributed by atoms with Crippen LogP contribution in [0.4, 0.5) is 0 Å². The number of hydrogen-bond acceptors (Lipinski definition) is 6. The van der Waals surface area contributed by atoms with E-state index in [1.165, 1.54) is 0 Å². The van der Waals surface area contributed by atoms with E-state index in [4.69, 9.17) is 18.9 Å². The zero-order chi connectivity index (χ0) is 18.2. The maximum atomic E-state index is 5.32. The largest absolute Gasteiger partial charge is 0.497 e. The molecule has 0 aliphatic carbocycles. The topological polar surface area (TPSA) is 61.6 Å². The lowest BCUT2D eigenvalue weighted by atomic mass is 10.1. The maximum absolute atomic E-state index is 5.32. The average Bonchev–Trinajstić information content (AvgIpc) is 2.66. The molecule has 0 N–H and O–H groups in total. The van der Waals surface area contributed by atoms with Gasteiger partial charge in [-0.25, -0.2) is 0 Å². The van der Waals surface area contributed by atoms with Crippen LogP contribution in [0.15, 0.2) is 46.6 Å². The van der Waals surface area contributed by atoms with Crippen LogP contribution in [0.25, 0.3) is 0 Å². The molecule has 0 spiro atoms. The van der Waals surface area contributed by atoms with Gasteiger partial charge in [0.1, 0.15) is 5.75 Å². The fraction of sp³-hybridized carbons (Fsp3) is 0.263. The Morgan fingerprint density at radius 1 is 0.840 bits per heavy atom. The molecule has 0 aliphatic heterocycles. The van der Waals surface area contributed by atoms with E-state index in [1.54, 1.807) is 34.7 Å². The van der Waals surface area contributed by atoms with Gasteiger partial charge in [0.05, 0.1) is 40.4 Å². The highest BCUT2D eigenvalue weighted by molar-refractivity contribution is 5.99. The van der Waals surface area contributed by atoms with Crippen LogP contribution in [0.3, 0.4) is 0 Å². The third-order valence-electron chi connectivity index (χ3n) is 3.61. The van der Waals surface area contributed by atoms with Gasteiger partial charge in [-0.05, 0) is 48.9 Å². The molecule has 0 aromatic heterocycles. The second kappa shape index (κ2) is 8.73. The number of benzene rings is 2. The van der Waals surface area contributed by atoms with Gasteiger partial charge in [0.2, 0.25) is 5.75 Å². The highest BCUT2D eigenvalue weighted by Crippen LogP contribution is 2.37. The molecule has 0 heterocycles. The van der Waals surface area contributed by atoms with Crippen LogP contribution in [0.2, 0.25) is 0 Å². The van der Waals surface area contributed by atoms with Gasteiger partial charge in [-0.15, -0.1) is 0 Å². The Bertz CT molecular complexity index is 742. The summed E-state index contributed by atoms with van der Waals surface area (Å²) >= 11 is 0. The molecule has 0 saturated carbocycles. The monoisotopic (exact) mass is 342 g/mol. The predicted molar refractivity (Wildman–Crippen MR) is 98.9 cm³/mol. The minimum Gasteiger partial charge on any atom is -0.497 e. The molecule has 0 amide bonds. The second-order valence-electron chi connectivity index (χ2n) is 5.12. The summed E-state index contributed by atoms with van der Waals surface area (Å²) in [6.45, 7) is 1.90. The first-order valence-corrected chi connectivity index (χ1v) is 7.65. The molecule has 0 fully saturated rings. The summed E-state index contributed by atoms with van der Waals surface area (Å²) in [5, 5.41) is 8.38. The zero-order valence-electron chi connectivity index (χ0n) is 15.1. The van der Waals surface area contributed by atoms with Crippen molar-refractivity contribution in [2.45, 2.75) is 6.92 Å². The van der Waals surface area contributed by atoms with Crippen molar-refractivity contribution in [1.82, 2.24) is 0 Å². The third-order valence-corrected chi connectivity index (χ3v) is 3.61. The second-order valence-corrected chi connectivity index (χ2v) is 5.12. The molecule has 0 bridgehead atoms. The first-order valence-electron chi connectivity index (χ1n) is 7.65. The smallest absolute Gasteiger partial charge is 0.203 e. The molecule has 132 valence electrons. The molecule has 0 aliphatic rings. The first-order chi connectivity index (χ1) is 12.1. The summed E-state index contributed by atoms with van der Waals surface area (Å²) in [7, 11) is 6.35. The molecule has 6 heteroatoms. The van der Waals surface area contributed by atoms with Gasteiger partial charge in [-0.1, -0.05) is 0 Å². The van der Waals surface area contributed by atoms with Gasteiger partial charge in [0, 0.05) is 5.56 Å². The van der Waals surface area contributed by atoms with Crippen molar-refractivity contribution in [3.63, 3.8) is 0 Å². The minimum atomic E-state index is 0.542. The van der Waals surface area contributed by atoms with Crippen LogP contribution >= 0.6 is 0 Å². The first kappa shape index (κ1) is 18.3. The Morgan fingerprint density at radius 2 is 1.44 bits per heavy atom. The Hall–Kier alpha value is -3.02. The summed E-state index contributed by atoms with van der Waals surface area (Å²) in [5.41, 5.74) is 2.56. The molecule has 0 saturated heterocycles. The van der Waals surface area contributed by atoms with Crippen molar-refractivity contribution < 1.29 is 18.9 Å². The van der Waals surface area contributed by atoms with Crippen molar-refractivity contribution in [3.8, 4) is 23.0 Å². The fourth-order valence-electron chi connectivity index (χ4n) is 2.25. The lowest BCUT2D eigenvalue weighted by Gasteiger charge is -2.12. The van der Waals surface area contributed by atoms with E-state index in [0.717, 1.165) is 22.6 Å². The van der Waals surface area contributed by atoms with Gasteiger partial charge in [0.25, 0.3) is 0 Å². The number of rotatable bonds is 7. The van der Waals surface area contributed by atoms with Crippen LogP contribution in [0.1, 0.15) is 18.1 Å². The third kappa shape index (κ3) is 4.50. The molecular formula is C19H22N2O4. The molecule has 6 nitrogen and oxygen atoms in total. The molecule has 2 aromatic rings. The summed E-state index contributed by atoms with van der Waals surface area (Å²) in [5.74, 6) is 2.48. The fourth-order valence-corrected chi connectivity index (χ4v) is 2.25. The van der Waals surface area contributed by atoms with Gasteiger partial charge >= 0.3 is 0 Å². The Labute approximate surface area is 147 Å². The number of methoxy groups -OCH3 is 4. The van der Waals surface area contributed by atoms with E-state index in [9.17, 15) is 0 Å². The molecule has 0 radical (unpaired) electrons. The zero-order valence-corrected chi connectivity index (χ0v) is 15.1. The van der Waals surface area contributed by atoms with Crippen molar-refractivity contribution in [2.24, 2.45) is 10.2 Å². The SMILES string of the molecule is COc1ccc(/C(C)=N/N=C/c2cc(OC)c(OC)c(OC)c2)cc1. The van der Waals surface area contributed by atoms with Crippen molar-refractivity contribution in [2.75, 3.05) is 28.4 Å². The van der Waals surface area contributed by atoms with E-state index >= 15 is 0 Å². The minimum absolute atomic E-state index is 0.542. The molecule has 2 rings (SSSR count). The van der Waals surface area contributed by atoms with Crippen LogP contribution in [-0.2, 0) is 0 Å². The number of ether oxygens (including phenoxy) is 4. The Kier molecular flexibility index (Phi) is 6.39. The normalized spacial score (nSPS) is 11.5. The molecule has 0 unspecified atom stereocenters. The van der Waals surface area contributed by atoms with Crippen molar-refractivity contribution in [1.29, 1.82) is 0 Å².